The Morgan fingerprint density at radius 1 is 1.47 bits per heavy atom. The summed E-state index contributed by atoms with van der Waals surface area (Å²) in [5, 5.41) is 0. The van der Waals surface area contributed by atoms with Crippen molar-refractivity contribution in [1.29, 1.82) is 0 Å². The quantitative estimate of drug-likeness (QED) is 0.497. The molecule has 1 aromatic rings. The number of benzene rings is 1. The average Bonchev–Trinajstić information content (AvgIpc) is 2.22. The largest absolute Gasteiger partial charge is 0.484 e. The molecule has 0 spiro atoms. The molecule has 0 heterocycles. The fraction of sp³-hybridized carbons (Fsp3) is 0.300. The molecule has 0 aromatic heterocycles. The van der Waals surface area contributed by atoms with Crippen LogP contribution in [0.25, 0.3) is 0 Å². The van der Waals surface area contributed by atoms with Crippen LogP contribution in [0.15, 0.2) is 16.6 Å². The summed E-state index contributed by atoms with van der Waals surface area (Å²) in [6.07, 6.45) is 0. The lowest BCUT2D eigenvalue weighted by atomic mass is 10.1. The topological polar surface area (TPSA) is 64.3 Å². The number of aryl methyl sites for hydroxylation is 2. The van der Waals surface area contributed by atoms with Gasteiger partial charge in [-0.1, -0.05) is 15.9 Å². The second-order valence-corrected chi connectivity index (χ2v) is 4.02. The first-order valence-corrected chi connectivity index (χ1v) is 5.23. The van der Waals surface area contributed by atoms with Crippen molar-refractivity contribution in [2.24, 2.45) is 5.84 Å². The minimum Gasteiger partial charge on any atom is -0.484 e. The molecule has 3 N–H and O–H groups in total. The average molecular weight is 273 g/mol. The third-order valence-corrected chi connectivity index (χ3v) is 3.19. The van der Waals surface area contributed by atoms with Gasteiger partial charge in [-0.15, -0.1) is 0 Å². The van der Waals surface area contributed by atoms with Crippen LogP contribution in [0, 0.1) is 13.8 Å². The van der Waals surface area contributed by atoms with Gasteiger partial charge < -0.3 is 4.74 Å². The summed E-state index contributed by atoms with van der Waals surface area (Å²) >= 11 is 3.45. The zero-order valence-electron chi connectivity index (χ0n) is 8.63. The van der Waals surface area contributed by atoms with Gasteiger partial charge in [0.15, 0.2) is 6.61 Å². The summed E-state index contributed by atoms with van der Waals surface area (Å²) in [6.45, 7) is 3.86. The van der Waals surface area contributed by atoms with E-state index in [4.69, 9.17) is 10.6 Å². The zero-order valence-corrected chi connectivity index (χ0v) is 10.2. The molecule has 15 heavy (non-hydrogen) atoms. The first-order chi connectivity index (χ1) is 7.04. The van der Waals surface area contributed by atoms with Crippen LogP contribution in [0.3, 0.4) is 0 Å². The van der Waals surface area contributed by atoms with Crippen molar-refractivity contribution >= 4 is 21.8 Å². The summed E-state index contributed by atoms with van der Waals surface area (Å²) in [7, 11) is 0. The Morgan fingerprint density at radius 2 is 2.00 bits per heavy atom. The van der Waals surface area contributed by atoms with E-state index in [1.807, 2.05) is 31.4 Å². The molecule has 0 unspecified atom stereocenters. The molecule has 0 aliphatic heterocycles. The molecule has 0 atom stereocenters. The molecule has 1 rings (SSSR count). The minimum atomic E-state index is -0.353. The zero-order chi connectivity index (χ0) is 11.4. The standard InChI is InChI=1S/C10H13BrN2O2/c1-6-3-8(4-7(2)10(6)11)15-5-9(14)13-12/h3-4H,5,12H2,1-2H3,(H,13,14). The molecule has 82 valence electrons. The van der Waals surface area contributed by atoms with Crippen LogP contribution < -0.4 is 16.0 Å². The van der Waals surface area contributed by atoms with E-state index in [1.165, 1.54) is 0 Å². The van der Waals surface area contributed by atoms with E-state index in [0.717, 1.165) is 15.6 Å². The Kier molecular flexibility index (Phi) is 4.11. The third kappa shape index (κ3) is 3.21. The highest BCUT2D eigenvalue weighted by atomic mass is 79.9. The summed E-state index contributed by atoms with van der Waals surface area (Å²) in [5.41, 5.74) is 4.14. The van der Waals surface area contributed by atoms with Gasteiger partial charge in [0, 0.05) is 4.47 Å². The minimum absolute atomic E-state index is 0.0724. The van der Waals surface area contributed by atoms with Crippen molar-refractivity contribution in [1.82, 2.24) is 5.43 Å². The van der Waals surface area contributed by atoms with E-state index in [2.05, 4.69) is 15.9 Å². The van der Waals surface area contributed by atoms with Crippen LogP contribution in [0.5, 0.6) is 5.75 Å². The number of hydrogen-bond acceptors (Lipinski definition) is 3. The lowest BCUT2D eigenvalue weighted by Crippen LogP contribution is -2.34. The number of hydrogen-bond donors (Lipinski definition) is 2. The molecule has 1 amide bonds. The van der Waals surface area contributed by atoms with Crippen LogP contribution in [-0.2, 0) is 4.79 Å². The molecule has 0 radical (unpaired) electrons. The highest BCUT2D eigenvalue weighted by Gasteiger charge is 2.04. The van der Waals surface area contributed by atoms with Crippen molar-refractivity contribution in [3.05, 3.63) is 27.7 Å². The molecule has 0 fully saturated rings. The second-order valence-electron chi connectivity index (χ2n) is 3.23. The molecule has 0 aliphatic rings. The first kappa shape index (κ1) is 12.0. The maximum absolute atomic E-state index is 10.9. The van der Waals surface area contributed by atoms with Crippen molar-refractivity contribution < 1.29 is 9.53 Å². The number of amides is 1. The van der Waals surface area contributed by atoms with Crippen molar-refractivity contribution in [3.63, 3.8) is 0 Å². The Bertz CT molecular complexity index is 357. The van der Waals surface area contributed by atoms with E-state index >= 15 is 0 Å². The number of rotatable bonds is 3. The molecular weight excluding hydrogens is 260 g/mol. The van der Waals surface area contributed by atoms with Crippen LogP contribution in [0.2, 0.25) is 0 Å². The number of hydrazine groups is 1. The third-order valence-electron chi connectivity index (χ3n) is 1.94. The van der Waals surface area contributed by atoms with Gasteiger partial charge in [-0.25, -0.2) is 5.84 Å². The van der Waals surface area contributed by atoms with Gasteiger partial charge in [-0.2, -0.15) is 0 Å². The monoisotopic (exact) mass is 272 g/mol. The van der Waals surface area contributed by atoms with E-state index in [-0.39, 0.29) is 12.5 Å². The highest BCUT2D eigenvalue weighted by molar-refractivity contribution is 9.10. The molecule has 0 aliphatic carbocycles. The van der Waals surface area contributed by atoms with Crippen molar-refractivity contribution in [3.8, 4) is 5.75 Å². The van der Waals surface area contributed by atoms with Crippen LogP contribution in [0.1, 0.15) is 11.1 Å². The first-order valence-electron chi connectivity index (χ1n) is 4.43. The second kappa shape index (κ2) is 5.14. The Balaban J connectivity index is 2.75. The molecule has 0 saturated carbocycles. The van der Waals surface area contributed by atoms with Gasteiger partial charge in [-0.05, 0) is 37.1 Å². The number of nitrogens with one attached hydrogen (secondary N) is 1. The number of halogens is 1. The number of ether oxygens (including phenoxy) is 1. The maximum atomic E-state index is 10.9. The van der Waals surface area contributed by atoms with E-state index < -0.39 is 0 Å². The number of carbonyl (C=O) groups is 1. The Morgan fingerprint density at radius 3 is 2.47 bits per heavy atom. The van der Waals surface area contributed by atoms with Gasteiger partial charge in [0.2, 0.25) is 0 Å². The lowest BCUT2D eigenvalue weighted by molar-refractivity contribution is -0.123. The number of carbonyl (C=O) groups excluding carboxylic acids is 1. The van der Waals surface area contributed by atoms with Gasteiger partial charge in [0.25, 0.3) is 5.91 Å². The predicted octanol–water partition coefficient (Wildman–Crippen LogP) is 1.43. The van der Waals surface area contributed by atoms with E-state index in [0.29, 0.717) is 5.75 Å². The van der Waals surface area contributed by atoms with Gasteiger partial charge in [0.05, 0.1) is 0 Å². The highest BCUT2D eigenvalue weighted by Crippen LogP contribution is 2.26. The Labute approximate surface area is 96.9 Å². The fourth-order valence-electron chi connectivity index (χ4n) is 1.18. The van der Waals surface area contributed by atoms with Crippen LogP contribution >= 0.6 is 15.9 Å². The maximum Gasteiger partial charge on any atom is 0.271 e. The summed E-state index contributed by atoms with van der Waals surface area (Å²) in [6, 6.07) is 3.72. The van der Waals surface area contributed by atoms with Crippen molar-refractivity contribution in [2.45, 2.75) is 13.8 Å². The lowest BCUT2D eigenvalue weighted by Gasteiger charge is -2.09. The summed E-state index contributed by atoms with van der Waals surface area (Å²) in [5.74, 6) is 5.24. The normalized spacial score (nSPS) is 9.87. The van der Waals surface area contributed by atoms with Gasteiger partial charge in [-0.3, -0.25) is 10.2 Å². The van der Waals surface area contributed by atoms with Crippen LogP contribution in [0.4, 0.5) is 0 Å². The summed E-state index contributed by atoms with van der Waals surface area (Å²) < 4.78 is 6.32. The molecule has 5 heteroatoms. The van der Waals surface area contributed by atoms with Crippen molar-refractivity contribution in [2.75, 3.05) is 6.61 Å². The fourth-order valence-corrected chi connectivity index (χ4v) is 1.41. The molecule has 4 nitrogen and oxygen atoms in total. The predicted molar refractivity (Wildman–Crippen MR) is 61.4 cm³/mol. The summed E-state index contributed by atoms with van der Waals surface area (Å²) in [4.78, 5) is 10.9. The van der Waals surface area contributed by atoms with E-state index in [1.54, 1.807) is 0 Å². The molecule has 0 bridgehead atoms. The number of nitrogens with two attached hydrogens (primary N) is 1. The van der Waals surface area contributed by atoms with Gasteiger partial charge in [0.1, 0.15) is 5.75 Å². The van der Waals surface area contributed by atoms with E-state index in [9.17, 15) is 4.79 Å². The molecule has 1 aromatic carbocycles. The molecular formula is C10H13BrN2O2. The molecule has 0 saturated heterocycles. The van der Waals surface area contributed by atoms with Gasteiger partial charge >= 0.3 is 0 Å². The SMILES string of the molecule is Cc1cc(OCC(=O)NN)cc(C)c1Br. The Hall–Kier alpha value is -1.07. The van der Waals surface area contributed by atoms with Crippen LogP contribution in [-0.4, -0.2) is 12.5 Å². The smallest absolute Gasteiger partial charge is 0.271 e.